The standard InChI is InChI=1S/C17H21N5O/c1-12-2-3-14(23-12)11-22-16-6-9-19-10-15(16)21-17(22)20-13-4-7-18-8-5-13/h2-3,6,9-10,13,18H,4-5,7-8,11H2,1H3,(H,20,21). The summed E-state index contributed by atoms with van der Waals surface area (Å²) in [6, 6.07) is 6.48. The summed E-state index contributed by atoms with van der Waals surface area (Å²) in [4.78, 5) is 8.93. The van der Waals surface area contributed by atoms with Crippen LogP contribution in [-0.4, -0.2) is 33.7 Å². The summed E-state index contributed by atoms with van der Waals surface area (Å²) in [5.74, 6) is 2.76. The molecule has 0 bridgehead atoms. The van der Waals surface area contributed by atoms with Gasteiger partial charge in [-0.15, -0.1) is 0 Å². The van der Waals surface area contributed by atoms with E-state index < -0.39 is 0 Å². The SMILES string of the molecule is Cc1ccc(Cn2c(NC3CCNCC3)nc3cnccc32)o1. The molecular weight excluding hydrogens is 290 g/mol. The van der Waals surface area contributed by atoms with Crippen LogP contribution in [0.3, 0.4) is 0 Å². The molecule has 0 unspecified atom stereocenters. The number of fused-ring (bicyclic) bond motifs is 1. The van der Waals surface area contributed by atoms with E-state index in [9.17, 15) is 0 Å². The van der Waals surface area contributed by atoms with Gasteiger partial charge in [0.25, 0.3) is 0 Å². The molecule has 6 heteroatoms. The van der Waals surface area contributed by atoms with Crippen LogP contribution >= 0.6 is 0 Å². The maximum atomic E-state index is 5.75. The molecule has 0 amide bonds. The van der Waals surface area contributed by atoms with E-state index in [-0.39, 0.29) is 0 Å². The van der Waals surface area contributed by atoms with Crippen LogP contribution in [-0.2, 0) is 6.54 Å². The van der Waals surface area contributed by atoms with Gasteiger partial charge in [-0.3, -0.25) is 4.98 Å². The van der Waals surface area contributed by atoms with Crippen molar-refractivity contribution in [1.29, 1.82) is 0 Å². The minimum absolute atomic E-state index is 0.457. The van der Waals surface area contributed by atoms with Gasteiger partial charge < -0.3 is 19.6 Å². The number of furan rings is 1. The van der Waals surface area contributed by atoms with Gasteiger partial charge in [-0.25, -0.2) is 4.98 Å². The highest BCUT2D eigenvalue weighted by Gasteiger charge is 2.18. The molecule has 3 aromatic rings. The lowest BCUT2D eigenvalue weighted by molar-refractivity contribution is 0.464. The lowest BCUT2D eigenvalue weighted by Gasteiger charge is -2.24. The molecule has 23 heavy (non-hydrogen) atoms. The number of anilines is 1. The van der Waals surface area contributed by atoms with Crippen LogP contribution in [0.5, 0.6) is 0 Å². The third kappa shape index (κ3) is 2.94. The molecule has 1 aliphatic rings. The zero-order valence-electron chi connectivity index (χ0n) is 13.2. The second-order valence-corrected chi connectivity index (χ2v) is 6.07. The quantitative estimate of drug-likeness (QED) is 0.775. The van der Waals surface area contributed by atoms with Crippen LogP contribution in [0, 0.1) is 6.92 Å². The normalized spacial score (nSPS) is 16.0. The molecule has 1 fully saturated rings. The fraction of sp³-hybridized carbons (Fsp3) is 0.412. The Bertz CT molecular complexity index is 800. The zero-order valence-corrected chi connectivity index (χ0v) is 13.2. The Balaban J connectivity index is 1.68. The number of rotatable bonds is 4. The van der Waals surface area contributed by atoms with Crippen molar-refractivity contribution in [3.05, 3.63) is 42.1 Å². The summed E-state index contributed by atoms with van der Waals surface area (Å²) >= 11 is 0. The number of aromatic nitrogens is 3. The average molecular weight is 311 g/mol. The predicted octanol–water partition coefficient (Wildman–Crippen LogP) is 2.54. The molecule has 2 N–H and O–H groups in total. The van der Waals surface area contributed by atoms with Gasteiger partial charge in [0, 0.05) is 12.2 Å². The minimum atomic E-state index is 0.457. The Morgan fingerprint density at radius 3 is 2.96 bits per heavy atom. The molecule has 4 rings (SSSR count). The monoisotopic (exact) mass is 311 g/mol. The molecule has 0 radical (unpaired) electrons. The molecule has 1 saturated heterocycles. The molecule has 0 aliphatic carbocycles. The number of piperidine rings is 1. The van der Waals surface area contributed by atoms with Crippen molar-refractivity contribution < 1.29 is 4.42 Å². The van der Waals surface area contributed by atoms with Crippen LogP contribution < -0.4 is 10.6 Å². The fourth-order valence-corrected chi connectivity index (χ4v) is 3.13. The van der Waals surface area contributed by atoms with E-state index in [1.165, 1.54) is 0 Å². The van der Waals surface area contributed by atoms with Crippen LogP contribution in [0.2, 0.25) is 0 Å². The predicted molar refractivity (Wildman–Crippen MR) is 89.6 cm³/mol. The van der Waals surface area contributed by atoms with E-state index >= 15 is 0 Å². The van der Waals surface area contributed by atoms with Crippen LogP contribution in [0.4, 0.5) is 5.95 Å². The van der Waals surface area contributed by atoms with Crippen molar-refractivity contribution in [2.45, 2.75) is 32.4 Å². The smallest absolute Gasteiger partial charge is 0.204 e. The first kappa shape index (κ1) is 14.3. The molecule has 0 atom stereocenters. The van der Waals surface area contributed by atoms with Crippen molar-refractivity contribution >= 4 is 17.0 Å². The third-order valence-electron chi connectivity index (χ3n) is 4.33. The molecule has 0 aromatic carbocycles. The van der Waals surface area contributed by atoms with Gasteiger partial charge in [0.15, 0.2) is 0 Å². The molecule has 0 spiro atoms. The third-order valence-corrected chi connectivity index (χ3v) is 4.33. The first-order chi connectivity index (χ1) is 11.3. The Hall–Kier alpha value is -2.34. The van der Waals surface area contributed by atoms with Gasteiger partial charge in [0.05, 0.1) is 18.3 Å². The molecule has 1 aliphatic heterocycles. The Morgan fingerprint density at radius 2 is 2.17 bits per heavy atom. The van der Waals surface area contributed by atoms with Crippen LogP contribution in [0.1, 0.15) is 24.4 Å². The zero-order chi connectivity index (χ0) is 15.6. The summed E-state index contributed by atoms with van der Waals surface area (Å²) in [7, 11) is 0. The van der Waals surface area contributed by atoms with Gasteiger partial charge in [-0.05, 0) is 51.1 Å². The first-order valence-electron chi connectivity index (χ1n) is 8.12. The highest BCUT2D eigenvalue weighted by Crippen LogP contribution is 2.23. The van der Waals surface area contributed by atoms with E-state index in [2.05, 4.69) is 20.2 Å². The molecule has 3 aromatic heterocycles. The second-order valence-electron chi connectivity index (χ2n) is 6.07. The molecule has 0 saturated carbocycles. The lowest BCUT2D eigenvalue weighted by atomic mass is 10.1. The van der Waals surface area contributed by atoms with E-state index in [1.807, 2.05) is 37.5 Å². The van der Waals surface area contributed by atoms with Crippen molar-refractivity contribution in [2.75, 3.05) is 18.4 Å². The average Bonchev–Trinajstić information content (AvgIpc) is 3.13. The van der Waals surface area contributed by atoms with Gasteiger partial charge >= 0.3 is 0 Å². The van der Waals surface area contributed by atoms with Crippen molar-refractivity contribution in [1.82, 2.24) is 19.9 Å². The summed E-state index contributed by atoms with van der Waals surface area (Å²) < 4.78 is 7.93. The molecule has 120 valence electrons. The first-order valence-corrected chi connectivity index (χ1v) is 8.12. The number of hydrogen-bond donors (Lipinski definition) is 2. The van der Waals surface area contributed by atoms with E-state index in [0.717, 1.165) is 54.4 Å². The lowest BCUT2D eigenvalue weighted by Crippen LogP contribution is -2.36. The fourth-order valence-electron chi connectivity index (χ4n) is 3.13. The highest BCUT2D eigenvalue weighted by molar-refractivity contribution is 5.77. The van der Waals surface area contributed by atoms with Gasteiger partial charge in [0.2, 0.25) is 5.95 Å². The van der Waals surface area contributed by atoms with Crippen molar-refractivity contribution in [3.8, 4) is 0 Å². The van der Waals surface area contributed by atoms with Crippen LogP contribution in [0.15, 0.2) is 35.0 Å². The summed E-state index contributed by atoms with van der Waals surface area (Å²) in [5, 5.41) is 7.00. The Kier molecular flexibility index (Phi) is 3.75. The summed E-state index contributed by atoms with van der Waals surface area (Å²) in [6.07, 6.45) is 5.84. The Labute approximate surface area is 134 Å². The van der Waals surface area contributed by atoms with Crippen molar-refractivity contribution in [2.24, 2.45) is 0 Å². The topological polar surface area (TPSA) is 67.9 Å². The van der Waals surface area contributed by atoms with E-state index in [0.29, 0.717) is 12.6 Å². The number of aryl methyl sites for hydroxylation is 1. The van der Waals surface area contributed by atoms with Gasteiger partial charge in [-0.1, -0.05) is 0 Å². The molecule has 4 heterocycles. The van der Waals surface area contributed by atoms with Crippen LogP contribution in [0.25, 0.3) is 11.0 Å². The maximum Gasteiger partial charge on any atom is 0.204 e. The Morgan fingerprint density at radius 1 is 1.30 bits per heavy atom. The largest absolute Gasteiger partial charge is 0.464 e. The molecule has 6 nitrogen and oxygen atoms in total. The summed E-state index contributed by atoms with van der Waals surface area (Å²) in [5.41, 5.74) is 1.98. The number of imidazole rings is 1. The maximum absolute atomic E-state index is 5.75. The van der Waals surface area contributed by atoms with Crippen molar-refractivity contribution in [3.63, 3.8) is 0 Å². The summed E-state index contributed by atoms with van der Waals surface area (Å²) in [6.45, 7) is 4.74. The van der Waals surface area contributed by atoms with Gasteiger partial charge in [0.1, 0.15) is 17.0 Å². The number of nitrogens with zero attached hydrogens (tertiary/aromatic N) is 3. The van der Waals surface area contributed by atoms with E-state index in [4.69, 9.17) is 9.40 Å². The molecular formula is C17H21N5O. The number of nitrogens with one attached hydrogen (secondary N) is 2. The van der Waals surface area contributed by atoms with E-state index in [1.54, 1.807) is 0 Å². The van der Waals surface area contributed by atoms with Gasteiger partial charge in [-0.2, -0.15) is 0 Å². The number of pyridine rings is 1. The second kappa shape index (κ2) is 6.04. The number of hydrogen-bond acceptors (Lipinski definition) is 5. The highest BCUT2D eigenvalue weighted by atomic mass is 16.3. The minimum Gasteiger partial charge on any atom is -0.464 e.